The number of alkyl halides is 1. The number of para-hydroxylation sites is 1. The summed E-state index contributed by atoms with van der Waals surface area (Å²) < 4.78 is 20.7. The molecule has 2 heterocycles. The number of carbonyl (C=O) groups is 1. The van der Waals surface area contributed by atoms with Crippen LogP contribution in [0.5, 0.6) is 0 Å². The number of pyridine rings is 1. The van der Waals surface area contributed by atoms with Crippen molar-refractivity contribution in [2.45, 2.75) is 57.2 Å². The highest BCUT2D eigenvalue weighted by Crippen LogP contribution is 2.69. The number of anilines is 1. The Morgan fingerprint density at radius 3 is 2.59 bits per heavy atom. The lowest BCUT2D eigenvalue weighted by Crippen LogP contribution is -2.67. The Balaban J connectivity index is 1.61. The molecule has 1 N–H and O–H groups in total. The van der Waals surface area contributed by atoms with Crippen LogP contribution in [0.2, 0.25) is 0 Å². The fourth-order valence-electron chi connectivity index (χ4n) is 5.45. The van der Waals surface area contributed by atoms with Crippen molar-refractivity contribution in [3.63, 3.8) is 0 Å². The quantitative estimate of drug-likeness (QED) is 0.601. The third kappa shape index (κ3) is 2.94. The van der Waals surface area contributed by atoms with Gasteiger partial charge in [0.05, 0.1) is 24.4 Å². The molecule has 3 aliphatic carbocycles. The van der Waals surface area contributed by atoms with Crippen LogP contribution in [-0.4, -0.2) is 28.1 Å². The number of halogens is 1. The fourth-order valence-corrected chi connectivity index (χ4v) is 5.45. The van der Waals surface area contributed by atoms with Crippen LogP contribution in [0.25, 0.3) is 5.65 Å². The molecule has 2 aromatic heterocycles. The number of fused-ring (bicyclic) bond motifs is 1. The molecule has 3 aromatic rings. The van der Waals surface area contributed by atoms with Crippen molar-refractivity contribution in [1.82, 2.24) is 9.38 Å². The number of nitrogens with one attached hydrogen (secondary N) is 1. The Kier molecular flexibility index (Phi) is 4.45. The second kappa shape index (κ2) is 6.89. The molecule has 3 aliphatic rings. The number of hydrogen-bond acceptors (Lipinski definition) is 5. The number of hydrogen-bond donors (Lipinski definition) is 1. The number of esters is 1. The highest BCUT2D eigenvalue weighted by Gasteiger charge is 2.71. The Hall–Kier alpha value is -3.22. The molecule has 3 saturated carbocycles. The van der Waals surface area contributed by atoms with Gasteiger partial charge in [0.2, 0.25) is 0 Å². The molecule has 6 rings (SSSR count). The molecule has 7 heteroatoms. The predicted molar refractivity (Wildman–Crippen MR) is 120 cm³/mol. The first kappa shape index (κ1) is 20.7. The summed E-state index contributed by atoms with van der Waals surface area (Å²) in [6.45, 7) is 5.69. The van der Waals surface area contributed by atoms with Gasteiger partial charge >= 0.3 is 5.97 Å². The van der Waals surface area contributed by atoms with Gasteiger partial charge in [0.1, 0.15) is 11.3 Å². The second-order valence-electron chi connectivity index (χ2n) is 9.42. The molecule has 1 aromatic carbocycles. The molecule has 0 spiro atoms. The molecule has 3 fully saturated rings. The fraction of sp³-hybridized carbons (Fsp3) is 0.400. The maximum absolute atomic E-state index is 14.2. The van der Waals surface area contributed by atoms with E-state index in [2.05, 4.69) is 5.32 Å². The summed E-state index contributed by atoms with van der Waals surface area (Å²) in [5, 5.41) is 3.38. The van der Waals surface area contributed by atoms with E-state index < -0.39 is 11.6 Å². The lowest BCUT2D eigenvalue weighted by molar-refractivity contribution is -0.160. The SMILES string of the molecule is COC(=O)c1ccccc1N[C@H](C)c1cc(C)cn2c(=O)c(C)c(C34CC(F)(C3)C4)nc12. The van der Waals surface area contributed by atoms with E-state index in [-0.39, 0.29) is 17.0 Å². The smallest absolute Gasteiger partial charge is 0.339 e. The highest BCUT2D eigenvalue weighted by molar-refractivity contribution is 5.95. The van der Waals surface area contributed by atoms with E-state index in [4.69, 9.17) is 9.72 Å². The number of methoxy groups -OCH3 is 1. The molecule has 0 radical (unpaired) electrons. The van der Waals surface area contributed by atoms with Crippen LogP contribution in [0.3, 0.4) is 0 Å². The summed E-state index contributed by atoms with van der Waals surface area (Å²) in [5.41, 5.74) is 3.24. The molecule has 0 amide bonds. The molecule has 0 saturated heterocycles. The van der Waals surface area contributed by atoms with Crippen molar-refractivity contribution in [3.05, 3.63) is 74.8 Å². The van der Waals surface area contributed by atoms with Gasteiger partial charge in [-0.15, -0.1) is 0 Å². The third-order valence-electron chi connectivity index (χ3n) is 6.95. The first-order chi connectivity index (χ1) is 15.2. The average molecular weight is 435 g/mol. The van der Waals surface area contributed by atoms with E-state index in [1.807, 2.05) is 32.0 Å². The lowest BCUT2D eigenvalue weighted by atomic mass is 9.41. The van der Waals surface area contributed by atoms with Crippen molar-refractivity contribution in [2.24, 2.45) is 0 Å². The van der Waals surface area contributed by atoms with Gasteiger partial charge in [0, 0.05) is 28.4 Å². The van der Waals surface area contributed by atoms with Gasteiger partial charge < -0.3 is 10.1 Å². The number of rotatable bonds is 5. The van der Waals surface area contributed by atoms with Gasteiger partial charge in [-0.3, -0.25) is 9.20 Å². The summed E-state index contributed by atoms with van der Waals surface area (Å²) in [4.78, 5) is 30.4. The molecule has 1 atom stereocenters. The van der Waals surface area contributed by atoms with E-state index in [0.717, 1.165) is 16.8 Å². The first-order valence-corrected chi connectivity index (χ1v) is 10.8. The van der Waals surface area contributed by atoms with Crippen LogP contribution in [0.1, 0.15) is 65.0 Å². The zero-order valence-electron chi connectivity index (χ0n) is 18.7. The molecule has 32 heavy (non-hydrogen) atoms. The van der Waals surface area contributed by atoms with E-state index in [1.165, 1.54) is 7.11 Å². The molecule has 0 aliphatic heterocycles. The van der Waals surface area contributed by atoms with Crippen LogP contribution in [0.4, 0.5) is 10.1 Å². The summed E-state index contributed by atoms with van der Waals surface area (Å²) in [6.07, 6.45) is 3.14. The number of aromatic nitrogens is 2. The number of aryl methyl sites for hydroxylation is 1. The molecular formula is C25H26FN3O3. The van der Waals surface area contributed by atoms with Crippen LogP contribution >= 0.6 is 0 Å². The largest absolute Gasteiger partial charge is 0.465 e. The van der Waals surface area contributed by atoms with Crippen molar-refractivity contribution in [3.8, 4) is 0 Å². The minimum absolute atomic E-state index is 0.116. The maximum Gasteiger partial charge on any atom is 0.339 e. The van der Waals surface area contributed by atoms with Crippen LogP contribution in [0, 0.1) is 13.8 Å². The molecule has 6 nitrogen and oxygen atoms in total. The predicted octanol–water partition coefficient (Wildman–Crippen LogP) is 4.41. The van der Waals surface area contributed by atoms with Gasteiger partial charge in [-0.25, -0.2) is 14.2 Å². The van der Waals surface area contributed by atoms with Gasteiger partial charge in [0.15, 0.2) is 0 Å². The third-order valence-corrected chi connectivity index (χ3v) is 6.95. The minimum Gasteiger partial charge on any atom is -0.465 e. The van der Waals surface area contributed by atoms with Crippen molar-refractivity contribution in [2.75, 3.05) is 12.4 Å². The molecule has 2 bridgehead atoms. The number of ether oxygens (including phenoxy) is 1. The number of nitrogens with zero attached hydrogens (tertiary/aromatic N) is 2. The van der Waals surface area contributed by atoms with Crippen LogP contribution in [0.15, 0.2) is 41.3 Å². The molecule has 0 unspecified atom stereocenters. The van der Waals surface area contributed by atoms with Crippen LogP contribution < -0.4 is 10.9 Å². The Bertz CT molecular complexity index is 1310. The van der Waals surface area contributed by atoms with Crippen LogP contribution in [-0.2, 0) is 10.2 Å². The highest BCUT2D eigenvalue weighted by atomic mass is 19.1. The zero-order valence-corrected chi connectivity index (χ0v) is 18.7. The lowest BCUT2D eigenvalue weighted by Gasteiger charge is -2.65. The minimum atomic E-state index is -1.07. The second-order valence-corrected chi connectivity index (χ2v) is 9.42. The molecular weight excluding hydrogens is 409 g/mol. The van der Waals surface area contributed by atoms with E-state index >= 15 is 0 Å². The van der Waals surface area contributed by atoms with Gasteiger partial charge in [-0.05, 0) is 63.8 Å². The van der Waals surface area contributed by atoms with E-state index in [1.54, 1.807) is 29.7 Å². The maximum atomic E-state index is 14.2. The number of carbonyl (C=O) groups excluding carboxylic acids is 1. The normalized spacial score (nSPS) is 24.4. The molecule has 166 valence electrons. The monoisotopic (exact) mass is 435 g/mol. The summed E-state index contributed by atoms with van der Waals surface area (Å²) in [6, 6.07) is 8.89. The van der Waals surface area contributed by atoms with E-state index in [0.29, 0.717) is 41.7 Å². The zero-order chi connectivity index (χ0) is 22.8. The Morgan fingerprint density at radius 2 is 1.94 bits per heavy atom. The summed E-state index contributed by atoms with van der Waals surface area (Å²) in [7, 11) is 1.35. The van der Waals surface area contributed by atoms with Crippen molar-refractivity contribution >= 4 is 17.3 Å². The van der Waals surface area contributed by atoms with Gasteiger partial charge in [0.25, 0.3) is 5.56 Å². The summed E-state index contributed by atoms with van der Waals surface area (Å²) in [5.74, 6) is -0.426. The van der Waals surface area contributed by atoms with Crippen molar-refractivity contribution < 1.29 is 13.9 Å². The topological polar surface area (TPSA) is 72.7 Å². The Labute approximate surface area is 185 Å². The average Bonchev–Trinajstić information content (AvgIpc) is 2.73. The van der Waals surface area contributed by atoms with Crippen molar-refractivity contribution in [1.29, 1.82) is 0 Å². The Morgan fingerprint density at radius 1 is 1.25 bits per heavy atom. The van der Waals surface area contributed by atoms with Gasteiger partial charge in [-0.1, -0.05) is 12.1 Å². The summed E-state index contributed by atoms with van der Waals surface area (Å²) >= 11 is 0. The van der Waals surface area contributed by atoms with E-state index in [9.17, 15) is 14.0 Å². The van der Waals surface area contributed by atoms with Gasteiger partial charge in [-0.2, -0.15) is 0 Å². The standard InChI is InChI=1S/C25H26FN3O3/c1-14-9-18(16(3)27-19-8-6-5-7-17(19)23(31)32-4)21-28-20(15(2)22(30)29(21)10-14)24-11-25(26,12-24)13-24/h5-10,16,27H,11-13H2,1-4H3/t16-,24?,25?/m1/s1. The number of benzene rings is 1. The first-order valence-electron chi connectivity index (χ1n) is 10.8.